The highest BCUT2D eigenvalue weighted by molar-refractivity contribution is 6.43. The predicted molar refractivity (Wildman–Crippen MR) is 78.6 cm³/mol. The van der Waals surface area contributed by atoms with E-state index in [4.69, 9.17) is 0 Å². The van der Waals surface area contributed by atoms with Gasteiger partial charge in [-0.25, -0.2) is 0 Å². The fourth-order valence-electron chi connectivity index (χ4n) is 3.02. The molecule has 2 N–H and O–H groups in total. The average molecular weight is 254 g/mol. The van der Waals surface area contributed by atoms with Crippen LogP contribution in [0.1, 0.15) is 89.9 Å². The SMILES string of the molecule is OB(O)C1CCCCCCCCCCCCCC1. The van der Waals surface area contributed by atoms with Gasteiger partial charge in [-0.15, -0.1) is 0 Å². The zero-order chi connectivity index (χ0) is 13.1. The second-order valence-electron chi connectivity index (χ2n) is 5.99. The number of hydrogen-bond donors (Lipinski definition) is 2. The normalized spacial score (nSPS) is 23.0. The summed E-state index contributed by atoms with van der Waals surface area (Å²) in [5, 5.41) is 18.8. The first-order chi connectivity index (χ1) is 8.80. The van der Waals surface area contributed by atoms with Gasteiger partial charge >= 0.3 is 7.12 Å². The van der Waals surface area contributed by atoms with Gasteiger partial charge in [-0.3, -0.25) is 0 Å². The van der Waals surface area contributed by atoms with Gasteiger partial charge in [0.25, 0.3) is 0 Å². The van der Waals surface area contributed by atoms with E-state index in [9.17, 15) is 10.0 Å². The molecule has 0 amide bonds. The highest BCUT2D eigenvalue weighted by atomic mass is 16.4. The van der Waals surface area contributed by atoms with E-state index in [1.165, 1.54) is 77.0 Å². The molecule has 0 saturated heterocycles. The Balaban J connectivity index is 2.24. The summed E-state index contributed by atoms with van der Waals surface area (Å²) >= 11 is 0. The summed E-state index contributed by atoms with van der Waals surface area (Å²) in [6, 6.07) is 0. The van der Waals surface area contributed by atoms with Crippen molar-refractivity contribution >= 4 is 7.12 Å². The van der Waals surface area contributed by atoms with Crippen molar-refractivity contribution in [2.75, 3.05) is 0 Å². The van der Waals surface area contributed by atoms with Gasteiger partial charge in [0, 0.05) is 0 Å². The van der Waals surface area contributed by atoms with Crippen LogP contribution in [0.4, 0.5) is 0 Å². The van der Waals surface area contributed by atoms with Crippen molar-refractivity contribution < 1.29 is 10.0 Å². The molecule has 1 rings (SSSR count). The monoisotopic (exact) mass is 254 g/mol. The molecule has 0 aliphatic heterocycles. The zero-order valence-corrected chi connectivity index (χ0v) is 11.9. The first kappa shape index (κ1) is 16.0. The maximum Gasteiger partial charge on any atom is 0.454 e. The van der Waals surface area contributed by atoms with E-state index in [1.54, 1.807) is 0 Å². The van der Waals surface area contributed by atoms with Gasteiger partial charge in [0.05, 0.1) is 0 Å². The fourth-order valence-corrected chi connectivity index (χ4v) is 3.02. The van der Waals surface area contributed by atoms with Crippen LogP contribution in [0.5, 0.6) is 0 Å². The van der Waals surface area contributed by atoms with E-state index in [1.807, 2.05) is 0 Å². The average Bonchev–Trinajstić information content (AvgIpc) is 2.36. The number of rotatable bonds is 1. The Bertz CT molecular complexity index is 169. The second-order valence-corrected chi connectivity index (χ2v) is 5.99. The van der Waals surface area contributed by atoms with Gasteiger partial charge in [-0.2, -0.15) is 0 Å². The molecule has 1 saturated carbocycles. The number of hydrogen-bond acceptors (Lipinski definition) is 2. The molecule has 2 nitrogen and oxygen atoms in total. The molecule has 0 radical (unpaired) electrons. The quantitative estimate of drug-likeness (QED) is 0.685. The van der Waals surface area contributed by atoms with Crippen molar-refractivity contribution in [3.63, 3.8) is 0 Å². The highest BCUT2D eigenvalue weighted by Gasteiger charge is 2.21. The van der Waals surface area contributed by atoms with Crippen LogP contribution < -0.4 is 0 Å². The predicted octanol–water partition coefficient (Wildman–Crippen LogP) is 4.30. The summed E-state index contributed by atoms with van der Waals surface area (Å²) in [7, 11) is -1.10. The fraction of sp³-hybridized carbons (Fsp3) is 1.00. The largest absolute Gasteiger partial charge is 0.454 e. The molecule has 0 heterocycles. The van der Waals surface area contributed by atoms with Crippen LogP contribution in [0.25, 0.3) is 0 Å². The molecule has 0 aromatic carbocycles. The molecule has 0 bridgehead atoms. The second kappa shape index (κ2) is 10.9. The molecule has 1 aliphatic rings. The standard InChI is InChI=1S/C15H31BO2/c17-16(18)15-13-11-9-7-5-3-1-2-4-6-8-10-12-14-15/h15,17-18H,1-14H2. The first-order valence-electron chi connectivity index (χ1n) is 8.17. The molecule has 0 aromatic rings. The Morgan fingerprint density at radius 2 is 0.778 bits per heavy atom. The molecule has 0 unspecified atom stereocenters. The van der Waals surface area contributed by atoms with Crippen LogP contribution in [0, 0.1) is 0 Å². The molecule has 1 aliphatic carbocycles. The van der Waals surface area contributed by atoms with Crippen LogP contribution in [-0.4, -0.2) is 17.2 Å². The van der Waals surface area contributed by atoms with Crippen molar-refractivity contribution in [2.24, 2.45) is 0 Å². The third-order valence-corrected chi connectivity index (χ3v) is 4.32. The molecule has 0 atom stereocenters. The van der Waals surface area contributed by atoms with Crippen molar-refractivity contribution in [2.45, 2.75) is 95.7 Å². The van der Waals surface area contributed by atoms with E-state index < -0.39 is 7.12 Å². The molecular weight excluding hydrogens is 223 g/mol. The Morgan fingerprint density at radius 1 is 0.500 bits per heavy atom. The van der Waals surface area contributed by atoms with Gasteiger partial charge in [-0.05, 0) is 5.82 Å². The van der Waals surface area contributed by atoms with Gasteiger partial charge in [0.1, 0.15) is 0 Å². The van der Waals surface area contributed by atoms with E-state index in [2.05, 4.69) is 0 Å². The third kappa shape index (κ3) is 8.15. The summed E-state index contributed by atoms with van der Waals surface area (Å²) < 4.78 is 0. The van der Waals surface area contributed by atoms with E-state index in [-0.39, 0.29) is 5.82 Å². The maximum atomic E-state index is 9.38. The van der Waals surface area contributed by atoms with Gasteiger partial charge in [0.15, 0.2) is 0 Å². The summed E-state index contributed by atoms with van der Waals surface area (Å²) in [6.07, 6.45) is 17.9. The zero-order valence-electron chi connectivity index (χ0n) is 11.9. The van der Waals surface area contributed by atoms with Crippen molar-refractivity contribution in [3.8, 4) is 0 Å². The molecular formula is C15H31BO2. The molecule has 106 valence electrons. The van der Waals surface area contributed by atoms with E-state index in [0.29, 0.717) is 0 Å². The van der Waals surface area contributed by atoms with Gasteiger partial charge < -0.3 is 10.0 Å². The molecule has 0 spiro atoms. The molecule has 18 heavy (non-hydrogen) atoms. The lowest BCUT2D eigenvalue weighted by atomic mass is 9.67. The highest BCUT2D eigenvalue weighted by Crippen LogP contribution is 2.25. The Morgan fingerprint density at radius 3 is 1.06 bits per heavy atom. The van der Waals surface area contributed by atoms with Gasteiger partial charge in [0.2, 0.25) is 0 Å². The first-order valence-corrected chi connectivity index (χ1v) is 8.17. The summed E-state index contributed by atoms with van der Waals surface area (Å²) in [6.45, 7) is 0. The van der Waals surface area contributed by atoms with Crippen LogP contribution in [0.15, 0.2) is 0 Å². The van der Waals surface area contributed by atoms with Crippen molar-refractivity contribution in [3.05, 3.63) is 0 Å². The smallest absolute Gasteiger partial charge is 0.427 e. The summed E-state index contributed by atoms with van der Waals surface area (Å²) in [4.78, 5) is 0. The minimum Gasteiger partial charge on any atom is -0.427 e. The Hall–Kier alpha value is -0.0151. The Kier molecular flexibility index (Phi) is 9.68. The van der Waals surface area contributed by atoms with E-state index >= 15 is 0 Å². The van der Waals surface area contributed by atoms with Gasteiger partial charge in [-0.1, -0.05) is 89.9 Å². The van der Waals surface area contributed by atoms with E-state index in [0.717, 1.165) is 12.8 Å². The minimum atomic E-state index is -1.10. The Labute approximate surface area is 113 Å². The maximum absolute atomic E-state index is 9.38. The lowest BCUT2D eigenvalue weighted by Gasteiger charge is -2.15. The lowest BCUT2D eigenvalue weighted by Crippen LogP contribution is -2.20. The molecule has 0 aromatic heterocycles. The summed E-state index contributed by atoms with van der Waals surface area (Å²) in [5.74, 6) is 0.120. The van der Waals surface area contributed by atoms with Crippen LogP contribution in [0.3, 0.4) is 0 Å². The van der Waals surface area contributed by atoms with Crippen LogP contribution >= 0.6 is 0 Å². The van der Waals surface area contributed by atoms with Crippen LogP contribution in [0.2, 0.25) is 5.82 Å². The molecule has 1 fully saturated rings. The topological polar surface area (TPSA) is 40.5 Å². The third-order valence-electron chi connectivity index (χ3n) is 4.32. The van der Waals surface area contributed by atoms with Crippen molar-refractivity contribution in [1.82, 2.24) is 0 Å². The summed E-state index contributed by atoms with van der Waals surface area (Å²) in [5.41, 5.74) is 0. The minimum absolute atomic E-state index is 0.120. The van der Waals surface area contributed by atoms with Crippen molar-refractivity contribution in [1.29, 1.82) is 0 Å². The molecule has 3 heteroatoms. The lowest BCUT2D eigenvalue weighted by molar-refractivity contribution is 0.365. The van der Waals surface area contributed by atoms with Crippen LogP contribution in [-0.2, 0) is 0 Å².